The summed E-state index contributed by atoms with van der Waals surface area (Å²) in [4.78, 5) is 19.4. The average Bonchev–Trinajstić information content (AvgIpc) is 3.29. The van der Waals surface area contributed by atoms with E-state index in [2.05, 4.69) is 21.4 Å². The van der Waals surface area contributed by atoms with Gasteiger partial charge in [-0.2, -0.15) is 5.10 Å². The van der Waals surface area contributed by atoms with Gasteiger partial charge in [0.05, 0.1) is 11.3 Å². The molecule has 1 amide bonds. The minimum Gasteiger partial charge on any atom is -0.492 e. The molecule has 1 aliphatic rings. The van der Waals surface area contributed by atoms with Crippen LogP contribution in [0, 0.1) is 0 Å². The minimum atomic E-state index is -0.101. The lowest BCUT2D eigenvalue weighted by Gasteiger charge is -2.31. The zero-order chi connectivity index (χ0) is 18.8. The van der Waals surface area contributed by atoms with E-state index < -0.39 is 0 Å². The molecule has 0 bridgehead atoms. The predicted molar refractivity (Wildman–Crippen MR) is 107 cm³/mol. The van der Waals surface area contributed by atoms with Crippen LogP contribution in [0.5, 0.6) is 5.75 Å². The highest BCUT2D eigenvalue weighted by Crippen LogP contribution is 2.35. The first kappa shape index (κ1) is 17.8. The number of carbonyl (C=O) groups is 1. The third-order valence-corrected chi connectivity index (χ3v) is 5.80. The molecule has 3 heterocycles. The minimum absolute atomic E-state index is 0.101. The molecule has 0 spiro atoms. The molecule has 1 N–H and O–H groups in total. The van der Waals surface area contributed by atoms with E-state index in [1.165, 1.54) is 0 Å². The SMILES string of the molecule is CCOc1cccc2sc(N3CCC(NC(=O)c4ccn(C)n4)CC3)nc12. The molecule has 0 unspecified atom stereocenters. The number of thiazole rings is 1. The van der Waals surface area contributed by atoms with Crippen LogP contribution in [-0.4, -0.2) is 46.4 Å². The molecule has 1 aliphatic heterocycles. The van der Waals surface area contributed by atoms with Gasteiger partial charge in [-0.25, -0.2) is 4.98 Å². The van der Waals surface area contributed by atoms with E-state index in [0.717, 1.165) is 47.0 Å². The number of hydrogen-bond acceptors (Lipinski definition) is 6. The molecule has 2 aromatic heterocycles. The maximum absolute atomic E-state index is 12.3. The molecule has 142 valence electrons. The van der Waals surface area contributed by atoms with Gasteiger partial charge in [-0.3, -0.25) is 9.48 Å². The topological polar surface area (TPSA) is 72.3 Å². The second kappa shape index (κ2) is 7.56. The Balaban J connectivity index is 1.40. The molecule has 1 saturated heterocycles. The summed E-state index contributed by atoms with van der Waals surface area (Å²) in [6, 6.07) is 7.97. The number of anilines is 1. The zero-order valence-electron chi connectivity index (χ0n) is 15.5. The standard InChI is InChI=1S/C19H23N5O2S/c1-3-26-15-5-4-6-16-17(15)21-19(27-16)24-11-7-13(8-12-24)20-18(25)14-9-10-23(2)22-14/h4-6,9-10,13H,3,7-8,11-12H2,1-2H3,(H,20,25). The maximum Gasteiger partial charge on any atom is 0.271 e. The quantitative estimate of drug-likeness (QED) is 0.731. The first-order chi connectivity index (χ1) is 13.1. The Hall–Kier alpha value is -2.61. The Labute approximate surface area is 162 Å². The van der Waals surface area contributed by atoms with Crippen molar-refractivity contribution in [3.63, 3.8) is 0 Å². The second-order valence-corrected chi connectivity index (χ2v) is 7.65. The molecule has 0 atom stereocenters. The molecular formula is C19H23N5O2S. The number of benzene rings is 1. The van der Waals surface area contributed by atoms with Gasteiger partial charge in [-0.05, 0) is 38.0 Å². The van der Waals surface area contributed by atoms with Crippen LogP contribution in [-0.2, 0) is 7.05 Å². The van der Waals surface area contributed by atoms with E-state index in [9.17, 15) is 4.79 Å². The van der Waals surface area contributed by atoms with Crippen molar-refractivity contribution in [1.82, 2.24) is 20.1 Å². The van der Waals surface area contributed by atoms with Crippen LogP contribution in [0.25, 0.3) is 10.2 Å². The van der Waals surface area contributed by atoms with Crippen LogP contribution < -0.4 is 15.0 Å². The molecule has 8 heteroatoms. The fourth-order valence-corrected chi connectivity index (χ4v) is 4.36. The molecule has 4 rings (SSSR count). The molecule has 0 aliphatic carbocycles. The van der Waals surface area contributed by atoms with E-state index in [1.54, 1.807) is 28.3 Å². The van der Waals surface area contributed by atoms with E-state index in [4.69, 9.17) is 9.72 Å². The molecule has 1 aromatic carbocycles. The van der Waals surface area contributed by atoms with Gasteiger partial charge in [-0.1, -0.05) is 17.4 Å². The highest BCUT2D eigenvalue weighted by molar-refractivity contribution is 7.22. The lowest BCUT2D eigenvalue weighted by molar-refractivity contribution is 0.0925. The number of nitrogens with one attached hydrogen (secondary N) is 1. The largest absolute Gasteiger partial charge is 0.492 e. The van der Waals surface area contributed by atoms with Gasteiger partial charge >= 0.3 is 0 Å². The average molecular weight is 385 g/mol. The van der Waals surface area contributed by atoms with Crippen molar-refractivity contribution in [2.75, 3.05) is 24.6 Å². The number of ether oxygens (including phenoxy) is 1. The summed E-state index contributed by atoms with van der Waals surface area (Å²) in [5.41, 5.74) is 1.40. The third-order valence-electron chi connectivity index (χ3n) is 4.72. The number of rotatable bonds is 5. The Morgan fingerprint density at radius 3 is 2.85 bits per heavy atom. The van der Waals surface area contributed by atoms with Crippen LogP contribution in [0.3, 0.4) is 0 Å². The maximum atomic E-state index is 12.3. The van der Waals surface area contributed by atoms with Crippen molar-refractivity contribution in [3.8, 4) is 5.75 Å². The number of para-hydroxylation sites is 1. The van der Waals surface area contributed by atoms with Crippen LogP contribution in [0.1, 0.15) is 30.3 Å². The van der Waals surface area contributed by atoms with Gasteiger partial charge in [0.15, 0.2) is 5.13 Å². The Kier molecular flexibility index (Phi) is 4.98. The number of piperidine rings is 1. The fourth-order valence-electron chi connectivity index (χ4n) is 3.33. The zero-order valence-corrected chi connectivity index (χ0v) is 16.3. The molecule has 27 heavy (non-hydrogen) atoms. The molecule has 0 saturated carbocycles. The van der Waals surface area contributed by atoms with Crippen molar-refractivity contribution in [2.45, 2.75) is 25.8 Å². The third kappa shape index (κ3) is 3.75. The van der Waals surface area contributed by atoms with Crippen LogP contribution in [0.2, 0.25) is 0 Å². The summed E-state index contributed by atoms with van der Waals surface area (Å²) < 4.78 is 8.48. The summed E-state index contributed by atoms with van der Waals surface area (Å²) in [5.74, 6) is 0.741. The first-order valence-corrected chi connectivity index (χ1v) is 10.0. The number of hydrogen-bond donors (Lipinski definition) is 1. The first-order valence-electron chi connectivity index (χ1n) is 9.22. The Morgan fingerprint density at radius 1 is 1.33 bits per heavy atom. The van der Waals surface area contributed by atoms with Crippen LogP contribution in [0.4, 0.5) is 5.13 Å². The number of aryl methyl sites for hydroxylation is 1. The van der Waals surface area contributed by atoms with Gasteiger partial charge < -0.3 is 15.0 Å². The van der Waals surface area contributed by atoms with Gasteiger partial charge in [0.2, 0.25) is 0 Å². The molecule has 1 fully saturated rings. The van der Waals surface area contributed by atoms with Crippen molar-refractivity contribution in [2.24, 2.45) is 7.05 Å². The second-order valence-electron chi connectivity index (χ2n) is 6.64. The van der Waals surface area contributed by atoms with Gasteiger partial charge in [0, 0.05) is 32.4 Å². The number of nitrogens with zero attached hydrogens (tertiary/aromatic N) is 4. The smallest absolute Gasteiger partial charge is 0.271 e. The monoisotopic (exact) mass is 385 g/mol. The number of carbonyl (C=O) groups excluding carboxylic acids is 1. The van der Waals surface area contributed by atoms with E-state index in [-0.39, 0.29) is 11.9 Å². The van der Waals surface area contributed by atoms with Crippen molar-refractivity contribution in [1.29, 1.82) is 0 Å². The molecule has 3 aromatic rings. The predicted octanol–water partition coefficient (Wildman–Crippen LogP) is 2.83. The van der Waals surface area contributed by atoms with E-state index in [1.807, 2.05) is 26.1 Å². The van der Waals surface area contributed by atoms with Crippen molar-refractivity contribution in [3.05, 3.63) is 36.2 Å². The van der Waals surface area contributed by atoms with Crippen molar-refractivity contribution >= 4 is 32.6 Å². The highest BCUT2D eigenvalue weighted by atomic mass is 32.1. The van der Waals surface area contributed by atoms with E-state index in [0.29, 0.717) is 12.3 Å². The summed E-state index contributed by atoms with van der Waals surface area (Å²) in [5, 5.41) is 8.27. The van der Waals surface area contributed by atoms with Crippen molar-refractivity contribution < 1.29 is 9.53 Å². The summed E-state index contributed by atoms with van der Waals surface area (Å²) in [6.07, 6.45) is 3.57. The van der Waals surface area contributed by atoms with Crippen LogP contribution in [0.15, 0.2) is 30.5 Å². The highest BCUT2D eigenvalue weighted by Gasteiger charge is 2.24. The van der Waals surface area contributed by atoms with Crippen LogP contribution >= 0.6 is 11.3 Å². The molecule has 0 radical (unpaired) electrons. The molecular weight excluding hydrogens is 362 g/mol. The lowest BCUT2D eigenvalue weighted by atomic mass is 10.1. The number of amides is 1. The lowest BCUT2D eigenvalue weighted by Crippen LogP contribution is -2.44. The molecule has 7 nitrogen and oxygen atoms in total. The Bertz CT molecular complexity index is 943. The van der Waals surface area contributed by atoms with E-state index >= 15 is 0 Å². The van der Waals surface area contributed by atoms with Gasteiger partial charge in [0.1, 0.15) is 17.0 Å². The summed E-state index contributed by atoms with van der Waals surface area (Å²) >= 11 is 1.69. The summed E-state index contributed by atoms with van der Waals surface area (Å²) in [7, 11) is 1.81. The number of aromatic nitrogens is 3. The summed E-state index contributed by atoms with van der Waals surface area (Å²) in [6.45, 7) is 4.36. The van der Waals surface area contributed by atoms with Gasteiger partial charge in [-0.15, -0.1) is 0 Å². The fraction of sp³-hybridized carbons (Fsp3) is 0.421. The Morgan fingerprint density at radius 2 is 2.15 bits per heavy atom. The number of fused-ring (bicyclic) bond motifs is 1. The normalized spacial score (nSPS) is 15.3. The van der Waals surface area contributed by atoms with Gasteiger partial charge in [0.25, 0.3) is 5.91 Å².